The molecule has 4 rings (SSSR count). The van der Waals surface area contributed by atoms with Crippen LogP contribution in [0.5, 0.6) is 0 Å². The Kier molecular flexibility index (Phi) is 5.14. The van der Waals surface area contributed by atoms with E-state index in [1.54, 1.807) is 12.3 Å². The van der Waals surface area contributed by atoms with Gasteiger partial charge in [-0.05, 0) is 28.8 Å². The fraction of sp³-hybridized carbons (Fsp3) is 0.333. The Balaban J connectivity index is 1.75. The molecule has 2 aliphatic rings. The number of nitrogens with one attached hydrogen (secondary N) is 1. The Morgan fingerprint density at radius 2 is 2.22 bits per heavy atom. The molecule has 1 saturated heterocycles. The van der Waals surface area contributed by atoms with Crippen molar-refractivity contribution in [1.82, 2.24) is 5.32 Å². The van der Waals surface area contributed by atoms with E-state index in [0.29, 0.717) is 13.0 Å². The van der Waals surface area contributed by atoms with Crippen LogP contribution in [0.3, 0.4) is 0 Å². The van der Waals surface area contributed by atoms with E-state index in [4.69, 9.17) is 14.8 Å². The smallest absolute Gasteiger partial charge is 0.158 e. The first kappa shape index (κ1) is 17.7. The number of rotatable bonds is 4. The summed E-state index contributed by atoms with van der Waals surface area (Å²) in [4.78, 5) is 5.57. The molecule has 2 unspecified atom stereocenters. The lowest BCUT2D eigenvalue weighted by molar-refractivity contribution is 0.0283. The average molecular weight is 365 g/mol. The summed E-state index contributed by atoms with van der Waals surface area (Å²) >= 11 is 0. The van der Waals surface area contributed by atoms with Crippen LogP contribution in [-0.4, -0.2) is 32.0 Å². The first-order chi connectivity index (χ1) is 13.3. The van der Waals surface area contributed by atoms with E-state index in [1.807, 2.05) is 18.2 Å². The summed E-state index contributed by atoms with van der Waals surface area (Å²) < 4.78 is 20.1. The highest BCUT2D eigenvalue weighted by Crippen LogP contribution is 2.37. The molecule has 138 valence electrons. The lowest BCUT2D eigenvalue weighted by Gasteiger charge is -2.26. The van der Waals surface area contributed by atoms with Gasteiger partial charge in [0.2, 0.25) is 0 Å². The number of morpholine rings is 1. The molecule has 1 fully saturated rings. The Bertz CT molecular complexity index is 893. The molecule has 6 heteroatoms. The number of hydrogen-bond acceptors (Lipinski definition) is 5. The minimum Gasteiger partial charge on any atom is -0.388 e. The molecule has 0 radical (unpaired) electrons. The molecule has 1 N–H and O–H groups in total. The second-order valence-corrected chi connectivity index (χ2v) is 6.70. The molecule has 2 heterocycles. The van der Waals surface area contributed by atoms with Gasteiger partial charge in [0.25, 0.3) is 0 Å². The van der Waals surface area contributed by atoms with Gasteiger partial charge < -0.3 is 14.9 Å². The van der Waals surface area contributed by atoms with Crippen molar-refractivity contribution in [3.05, 3.63) is 58.9 Å². The Morgan fingerprint density at radius 1 is 1.30 bits per heavy atom. The maximum Gasteiger partial charge on any atom is 0.158 e. The third-order valence-corrected chi connectivity index (χ3v) is 4.95. The SMILES string of the molecule is N#Cc1ccc(-c2cccc(CC3CNCCO3)c2C2CC=NO2)cc1F. The minimum absolute atomic E-state index is 0.0404. The van der Waals surface area contributed by atoms with E-state index in [2.05, 4.69) is 16.5 Å². The van der Waals surface area contributed by atoms with E-state index in [9.17, 15) is 4.39 Å². The molecule has 2 aromatic rings. The first-order valence-electron chi connectivity index (χ1n) is 9.08. The van der Waals surface area contributed by atoms with Gasteiger partial charge in [-0.15, -0.1) is 0 Å². The van der Waals surface area contributed by atoms with E-state index in [1.165, 1.54) is 12.1 Å². The first-order valence-corrected chi connectivity index (χ1v) is 9.08. The Hall–Kier alpha value is -2.75. The third-order valence-electron chi connectivity index (χ3n) is 4.95. The summed E-state index contributed by atoms with van der Waals surface area (Å²) in [6.45, 7) is 2.37. The van der Waals surface area contributed by atoms with Crippen LogP contribution in [-0.2, 0) is 16.0 Å². The zero-order valence-corrected chi connectivity index (χ0v) is 14.8. The largest absolute Gasteiger partial charge is 0.388 e. The highest BCUT2D eigenvalue weighted by Gasteiger charge is 2.26. The van der Waals surface area contributed by atoms with Gasteiger partial charge in [0.1, 0.15) is 11.9 Å². The number of halogens is 1. The molecule has 0 aliphatic carbocycles. The van der Waals surface area contributed by atoms with Gasteiger partial charge in [0.15, 0.2) is 6.10 Å². The van der Waals surface area contributed by atoms with Gasteiger partial charge in [-0.25, -0.2) is 4.39 Å². The fourth-order valence-corrected chi connectivity index (χ4v) is 3.66. The maximum atomic E-state index is 14.2. The van der Waals surface area contributed by atoms with Crippen LogP contribution >= 0.6 is 0 Å². The molecule has 2 atom stereocenters. The molecule has 27 heavy (non-hydrogen) atoms. The van der Waals surface area contributed by atoms with Gasteiger partial charge in [-0.3, -0.25) is 0 Å². The molecular weight excluding hydrogens is 345 g/mol. The maximum absolute atomic E-state index is 14.2. The number of nitriles is 1. The average Bonchev–Trinajstić information content (AvgIpc) is 3.23. The van der Waals surface area contributed by atoms with Gasteiger partial charge in [0, 0.05) is 37.7 Å². The normalized spacial score (nSPS) is 21.6. The van der Waals surface area contributed by atoms with Crippen molar-refractivity contribution in [2.45, 2.75) is 25.0 Å². The topological polar surface area (TPSA) is 66.6 Å². The third kappa shape index (κ3) is 3.70. The molecule has 5 nitrogen and oxygen atoms in total. The zero-order valence-electron chi connectivity index (χ0n) is 14.8. The van der Waals surface area contributed by atoms with E-state index in [0.717, 1.165) is 41.8 Å². The lowest BCUT2D eigenvalue weighted by atomic mass is 9.88. The van der Waals surface area contributed by atoms with Crippen molar-refractivity contribution < 1.29 is 14.0 Å². The molecule has 0 amide bonds. The highest BCUT2D eigenvalue weighted by molar-refractivity contribution is 5.72. The molecule has 2 aromatic carbocycles. The highest BCUT2D eigenvalue weighted by atomic mass is 19.1. The van der Waals surface area contributed by atoms with Gasteiger partial charge in [-0.2, -0.15) is 5.26 Å². The standard InChI is InChI=1S/C21H20FN3O2/c22-19-11-14(4-5-16(19)12-23)18-3-1-2-15(10-17-13-24-8-9-26-17)21(18)20-6-7-25-27-20/h1-5,7,11,17,20,24H,6,8-10,13H2. The Morgan fingerprint density at radius 3 is 2.93 bits per heavy atom. The van der Waals surface area contributed by atoms with Crippen molar-refractivity contribution in [1.29, 1.82) is 5.26 Å². The van der Waals surface area contributed by atoms with Crippen LogP contribution in [0.4, 0.5) is 4.39 Å². The Labute approximate surface area is 157 Å². The molecule has 0 bridgehead atoms. The number of hydrogen-bond donors (Lipinski definition) is 1. The van der Waals surface area contributed by atoms with Gasteiger partial charge >= 0.3 is 0 Å². The van der Waals surface area contributed by atoms with Crippen LogP contribution in [0.1, 0.15) is 29.2 Å². The molecule has 2 aliphatic heterocycles. The second kappa shape index (κ2) is 7.87. The summed E-state index contributed by atoms with van der Waals surface area (Å²) in [5, 5.41) is 16.3. The number of benzene rings is 2. The van der Waals surface area contributed by atoms with Crippen LogP contribution in [0, 0.1) is 17.1 Å². The second-order valence-electron chi connectivity index (χ2n) is 6.70. The van der Waals surface area contributed by atoms with Crippen molar-refractivity contribution in [3.63, 3.8) is 0 Å². The van der Waals surface area contributed by atoms with Crippen LogP contribution in [0.25, 0.3) is 11.1 Å². The van der Waals surface area contributed by atoms with Gasteiger partial charge in [0.05, 0.1) is 18.3 Å². The van der Waals surface area contributed by atoms with Crippen molar-refractivity contribution in [2.75, 3.05) is 19.7 Å². The summed E-state index contributed by atoms with van der Waals surface area (Å²) in [5.74, 6) is -0.519. The zero-order chi connectivity index (χ0) is 18.6. The summed E-state index contributed by atoms with van der Waals surface area (Å²) in [6, 6.07) is 12.6. The molecule has 0 saturated carbocycles. The van der Waals surface area contributed by atoms with Gasteiger partial charge in [-0.1, -0.05) is 29.4 Å². The molecular formula is C21H20FN3O2. The minimum atomic E-state index is -0.519. The van der Waals surface area contributed by atoms with Crippen molar-refractivity contribution >= 4 is 6.21 Å². The van der Waals surface area contributed by atoms with Crippen LogP contribution in [0.2, 0.25) is 0 Å². The number of oxime groups is 1. The predicted octanol–water partition coefficient (Wildman–Crippen LogP) is 3.34. The number of ether oxygens (including phenoxy) is 1. The monoisotopic (exact) mass is 365 g/mol. The summed E-state index contributed by atoms with van der Waals surface area (Å²) in [5.41, 5.74) is 3.78. The number of nitrogens with zero attached hydrogens (tertiary/aromatic N) is 2. The summed E-state index contributed by atoms with van der Waals surface area (Å²) in [7, 11) is 0. The van der Waals surface area contributed by atoms with Crippen LogP contribution < -0.4 is 5.32 Å². The van der Waals surface area contributed by atoms with E-state index < -0.39 is 5.82 Å². The lowest BCUT2D eigenvalue weighted by Crippen LogP contribution is -2.39. The molecule has 0 aromatic heterocycles. The quantitative estimate of drug-likeness (QED) is 0.902. The molecule has 0 spiro atoms. The predicted molar refractivity (Wildman–Crippen MR) is 99.8 cm³/mol. The van der Waals surface area contributed by atoms with E-state index >= 15 is 0 Å². The fourth-order valence-electron chi connectivity index (χ4n) is 3.66. The van der Waals surface area contributed by atoms with Crippen LogP contribution in [0.15, 0.2) is 41.6 Å². The van der Waals surface area contributed by atoms with E-state index in [-0.39, 0.29) is 17.8 Å². The summed E-state index contributed by atoms with van der Waals surface area (Å²) in [6.07, 6.45) is 3.06. The van der Waals surface area contributed by atoms with Crippen molar-refractivity contribution in [2.24, 2.45) is 5.16 Å². The van der Waals surface area contributed by atoms with Crippen molar-refractivity contribution in [3.8, 4) is 17.2 Å².